The minimum absolute atomic E-state index is 0.0247. The SMILES string of the molecule is COC(=O)/C=C/c1cncc(N(Cc2ccc(-c3ccc(N(C)C)cc3)cc2F)C(=O)C2CCCCC2)c1. The normalized spacial score (nSPS) is 13.9. The van der Waals surface area contributed by atoms with Gasteiger partial charge in [0.25, 0.3) is 0 Å². The van der Waals surface area contributed by atoms with Crippen molar-refractivity contribution in [2.75, 3.05) is 31.0 Å². The molecule has 1 aromatic heterocycles. The lowest BCUT2D eigenvalue weighted by molar-refractivity contribution is -0.134. The van der Waals surface area contributed by atoms with E-state index in [4.69, 9.17) is 0 Å². The van der Waals surface area contributed by atoms with Gasteiger partial charge in [-0.05, 0) is 59.9 Å². The molecule has 0 spiro atoms. The Balaban J connectivity index is 1.63. The summed E-state index contributed by atoms with van der Waals surface area (Å²) in [5, 5.41) is 0. The van der Waals surface area contributed by atoms with Gasteiger partial charge in [-0.1, -0.05) is 43.5 Å². The Bertz CT molecular complexity index is 1300. The number of aromatic nitrogens is 1. The van der Waals surface area contributed by atoms with Crippen molar-refractivity contribution in [3.8, 4) is 11.1 Å². The van der Waals surface area contributed by atoms with Crippen molar-refractivity contribution in [3.05, 3.63) is 83.9 Å². The van der Waals surface area contributed by atoms with Crippen LogP contribution in [0.15, 0.2) is 67.0 Å². The molecule has 4 rings (SSSR count). The number of esters is 1. The number of carbonyl (C=O) groups is 2. The van der Waals surface area contributed by atoms with Crippen LogP contribution in [0.1, 0.15) is 43.2 Å². The predicted molar refractivity (Wildman–Crippen MR) is 149 cm³/mol. The van der Waals surface area contributed by atoms with Crippen molar-refractivity contribution in [1.82, 2.24) is 4.98 Å². The molecule has 38 heavy (non-hydrogen) atoms. The van der Waals surface area contributed by atoms with Crippen LogP contribution in [0.4, 0.5) is 15.8 Å². The number of methoxy groups -OCH3 is 1. The van der Waals surface area contributed by atoms with Crippen molar-refractivity contribution in [2.45, 2.75) is 38.6 Å². The van der Waals surface area contributed by atoms with Gasteiger partial charge in [0.15, 0.2) is 0 Å². The van der Waals surface area contributed by atoms with Crippen LogP contribution in [0.25, 0.3) is 17.2 Å². The number of pyridine rings is 1. The summed E-state index contributed by atoms with van der Waals surface area (Å²) >= 11 is 0. The second kappa shape index (κ2) is 12.5. The highest BCUT2D eigenvalue weighted by atomic mass is 19.1. The van der Waals surface area contributed by atoms with Gasteiger partial charge in [-0.25, -0.2) is 9.18 Å². The van der Waals surface area contributed by atoms with E-state index in [1.165, 1.54) is 19.3 Å². The summed E-state index contributed by atoms with van der Waals surface area (Å²) < 4.78 is 20.1. The lowest BCUT2D eigenvalue weighted by Crippen LogP contribution is -2.37. The van der Waals surface area contributed by atoms with Gasteiger partial charge in [-0.15, -0.1) is 0 Å². The van der Waals surface area contributed by atoms with Gasteiger partial charge < -0.3 is 14.5 Å². The van der Waals surface area contributed by atoms with Crippen molar-refractivity contribution < 1.29 is 18.7 Å². The molecule has 1 saturated carbocycles. The van der Waals surface area contributed by atoms with E-state index in [0.29, 0.717) is 16.8 Å². The average Bonchev–Trinajstić information content (AvgIpc) is 2.95. The molecule has 0 N–H and O–H groups in total. The fraction of sp³-hybridized carbons (Fsp3) is 0.323. The van der Waals surface area contributed by atoms with Crippen LogP contribution in [-0.2, 0) is 20.9 Å². The van der Waals surface area contributed by atoms with Crippen LogP contribution >= 0.6 is 0 Å². The summed E-state index contributed by atoms with van der Waals surface area (Å²) in [5.74, 6) is -0.974. The van der Waals surface area contributed by atoms with E-state index >= 15 is 4.39 Å². The molecule has 2 aromatic carbocycles. The van der Waals surface area contributed by atoms with E-state index in [1.54, 1.807) is 35.5 Å². The van der Waals surface area contributed by atoms with Crippen molar-refractivity contribution >= 4 is 29.3 Å². The molecule has 7 heteroatoms. The first kappa shape index (κ1) is 27.0. The summed E-state index contributed by atoms with van der Waals surface area (Å²) in [4.78, 5) is 33.2. The molecule has 0 atom stereocenters. The number of nitrogens with zero attached hydrogens (tertiary/aromatic N) is 3. The fourth-order valence-corrected chi connectivity index (χ4v) is 4.76. The van der Waals surface area contributed by atoms with Gasteiger partial charge in [0.05, 0.1) is 25.5 Å². The number of benzene rings is 2. The van der Waals surface area contributed by atoms with Crippen LogP contribution in [-0.4, -0.2) is 38.1 Å². The molecule has 1 aliphatic rings. The third-order valence-electron chi connectivity index (χ3n) is 6.99. The summed E-state index contributed by atoms with van der Waals surface area (Å²) in [6, 6.07) is 14.9. The number of carbonyl (C=O) groups excluding carboxylic acids is 2. The van der Waals surface area contributed by atoms with Gasteiger partial charge in [0.1, 0.15) is 5.82 Å². The standard InChI is InChI=1S/C31H34FN3O3/c1-34(2)27-14-12-23(13-15-27)25-10-11-26(29(32)18-25)21-35(31(37)24-7-5-4-6-8-24)28-17-22(19-33-20-28)9-16-30(36)38-3/h9-20,24H,4-8,21H2,1-3H3/b16-9+. The Labute approximate surface area is 223 Å². The number of anilines is 2. The smallest absolute Gasteiger partial charge is 0.330 e. The molecule has 1 heterocycles. The molecular weight excluding hydrogens is 481 g/mol. The van der Waals surface area contributed by atoms with E-state index in [0.717, 1.165) is 48.9 Å². The number of halogens is 1. The highest BCUT2D eigenvalue weighted by Gasteiger charge is 2.28. The third kappa shape index (κ3) is 6.65. The molecule has 1 fully saturated rings. The molecule has 1 amide bonds. The van der Waals surface area contributed by atoms with Gasteiger partial charge in [0.2, 0.25) is 5.91 Å². The first-order chi connectivity index (χ1) is 18.4. The van der Waals surface area contributed by atoms with E-state index in [1.807, 2.05) is 49.3 Å². The molecular formula is C31H34FN3O3. The molecule has 1 aliphatic carbocycles. The third-order valence-corrected chi connectivity index (χ3v) is 6.99. The van der Waals surface area contributed by atoms with Crippen LogP contribution in [0.3, 0.4) is 0 Å². The maximum atomic E-state index is 15.4. The molecule has 0 radical (unpaired) electrons. The molecule has 0 aliphatic heterocycles. The van der Waals surface area contributed by atoms with Crippen molar-refractivity contribution in [1.29, 1.82) is 0 Å². The summed E-state index contributed by atoms with van der Waals surface area (Å²) in [7, 11) is 5.26. The summed E-state index contributed by atoms with van der Waals surface area (Å²) in [6.07, 6.45) is 10.9. The van der Waals surface area contributed by atoms with Crippen LogP contribution in [0, 0.1) is 11.7 Å². The number of ether oxygens (including phenoxy) is 1. The van der Waals surface area contributed by atoms with E-state index in [-0.39, 0.29) is 24.2 Å². The lowest BCUT2D eigenvalue weighted by Gasteiger charge is -2.29. The van der Waals surface area contributed by atoms with E-state index in [9.17, 15) is 9.59 Å². The number of amides is 1. The van der Waals surface area contributed by atoms with Crippen molar-refractivity contribution in [2.24, 2.45) is 5.92 Å². The Morgan fingerprint density at radius 3 is 2.34 bits per heavy atom. The molecule has 0 saturated heterocycles. The molecule has 0 unspecified atom stereocenters. The van der Waals surface area contributed by atoms with E-state index < -0.39 is 5.97 Å². The zero-order valence-corrected chi connectivity index (χ0v) is 22.2. The zero-order valence-electron chi connectivity index (χ0n) is 22.2. The summed E-state index contributed by atoms with van der Waals surface area (Å²) in [5.41, 5.74) is 4.41. The highest BCUT2D eigenvalue weighted by molar-refractivity contribution is 5.95. The molecule has 0 bridgehead atoms. The molecule has 6 nitrogen and oxygen atoms in total. The maximum Gasteiger partial charge on any atom is 0.330 e. The number of hydrogen-bond donors (Lipinski definition) is 0. The minimum atomic E-state index is -0.482. The van der Waals surface area contributed by atoms with Crippen LogP contribution in [0.5, 0.6) is 0 Å². The van der Waals surface area contributed by atoms with Gasteiger partial charge in [0, 0.05) is 43.5 Å². The Morgan fingerprint density at radius 2 is 1.68 bits per heavy atom. The topological polar surface area (TPSA) is 62.7 Å². The molecule has 3 aromatic rings. The monoisotopic (exact) mass is 515 g/mol. The first-order valence-corrected chi connectivity index (χ1v) is 12.9. The van der Waals surface area contributed by atoms with E-state index in [2.05, 4.69) is 9.72 Å². The first-order valence-electron chi connectivity index (χ1n) is 12.9. The second-order valence-corrected chi connectivity index (χ2v) is 9.84. The quantitative estimate of drug-likeness (QED) is 0.262. The van der Waals surface area contributed by atoms with Gasteiger partial charge >= 0.3 is 5.97 Å². The van der Waals surface area contributed by atoms with Crippen molar-refractivity contribution in [3.63, 3.8) is 0 Å². The van der Waals surface area contributed by atoms with Gasteiger partial charge in [-0.3, -0.25) is 9.78 Å². The fourth-order valence-electron chi connectivity index (χ4n) is 4.76. The Hall–Kier alpha value is -4.00. The maximum absolute atomic E-state index is 15.4. The van der Waals surface area contributed by atoms with Gasteiger partial charge in [-0.2, -0.15) is 0 Å². The summed E-state index contributed by atoms with van der Waals surface area (Å²) in [6.45, 7) is 0.0901. The Kier molecular flexibility index (Phi) is 8.89. The number of hydrogen-bond acceptors (Lipinski definition) is 5. The zero-order chi connectivity index (χ0) is 27.1. The largest absolute Gasteiger partial charge is 0.466 e. The molecule has 198 valence electrons. The minimum Gasteiger partial charge on any atom is -0.466 e. The van der Waals surface area contributed by atoms with Crippen LogP contribution < -0.4 is 9.80 Å². The Morgan fingerprint density at radius 1 is 0.974 bits per heavy atom. The van der Waals surface area contributed by atoms with Crippen LogP contribution in [0.2, 0.25) is 0 Å². The number of rotatable bonds is 8. The average molecular weight is 516 g/mol. The second-order valence-electron chi connectivity index (χ2n) is 9.84. The predicted octanol–water partition coefficient (Wildman–Crippen LogP) is 6.25. The highest BCUT2D eigenvalue weighted by Crippen LogP contribution is 2.30. The lowest BCUT2D eigenvalue weighted by atomic mass is 9.88.